The Labute approximate surface area is 202 Å². The van der Waals surface area contributed by atoms with Crippen molar-refractivity contribution in [3.05, 3.63) is 60.4 Å². The monoisotopic (exact) mass is 458 g/mol. The van der Waals surface area contributed by atoms with Gasteiger partial charge in [-0.25, -0.2) is 9.97 Å². The molecule has 0 bridgehead atoms. The number of nitrogens with zero attached hydrogens (tertiary/aromatic N) is 5. The molecule has 3 aromatic rings. The minimum atomic E-state index is 0.739. The van der Waals surface area contributed by atoms with Gasteiger partial charge in [-0.1, -0.05) is 12.1 Å². The lowest BCUT2D eigenvalue weighted by Crippen LogP contribution is -2.46. The molecule has 1 aromatic heterocycles. The maximum Gasteiger partial charge on any atom is 0.134 e. The van der Waals surface area contributed by atoms with Crippen molar-refractivity contribution in [1.29, 1.82) is 5.41 Å². The molecule has 0 aliphatic carbocycles. The SMILES string of the molecule is CNc1cc(-c2cc(Nc3ccc(N(C)CCN4CCN(C)CC4)cc3)ncn2)ccc1C=N. The van der Waals surface area contributed by atoms with Gasteiger partial charge in [0.1, 0.15) is 12.1 Å². The fourth-order valence-electron chi connectivity index (χ4n) is 4.08. The second-order valence-electron chi connectivity index (χ2n) is 8.72. The lowest BCUT2D eigenvalue weighted by Gasteiger charge is -2.33. The van der Waals surface area contributed by atoms with Crippen LogP contribution in [0, 0.1) is 5.41 Å². The van der Waals surface area contributed by atoms with Crippen LogP contribution in [0.3, 0.4) is 0 Å². The van der Waals surface area contributed by atoms with E-state index in [1.165, 1.54) is 11.9 Å². The van der Waals surface area contributed by atoms with E-state index in [0.717, 1.165) is 73.3 Å². The molecule has 0 radical (unpaired) electrons. The number of hydrogen-bond donors (Lipinski definition) is 3. The molecule has 0 atom stereocenters. The van der Waals surface area contributed by atoms with Gasteiger partial charge >= 0.3 is 0 Å². The standard InChI is InChI=1S/C26H34N8/c1-28-24-16-20(4-5-21(24)18-27)25-17-26(30-19-29-25)31-22-6-8-23(9-7-22)33(3)12-15-34-13-10-32(2)11-14-34/h4-9,16-19,27-28H,10-15H2,1-3H3,(H,29,30,31). The van der Waals surface area contributed by atoms with Crippen LogP contribution in [0.2, 0.25) is 0 Å². The summed E-state index contributed by atoms with van der Waals surface area (Å²) in [5, 5.41) is 14.1. The van der Waals surface area contributed by atoms with Crippen molar-refractivity contribution in [3.8, 4) is 11.3 Å². The smallest absolute Gasteiger partial charge is 0.134 e. The van der Waals surface area contributed by atoms with Crippen molar-refractivity contribution in [2.75, 3.05) is 75.9 Å². The summed E-state index contributed by atoms with van der Waals surface area (Å²) in [5.41, 5.74) is 5.72. The molecule has 0 amide bonds. The van der Waals surface area contributed by atoms with E-state index in [2.05, 4.69) is 73.7 Å². The Bertz CT molecular complexity index is 1090. The molecule has 4 rings (SSSR count). The van der Waals surface area contributed by atoms with Crippen molar-refractivity contribution in [1.82, 2.24) is 19.8 Å². The minimum Gasteiger partial charge on any atom is -0.388 e. The number of anilines is 4. The molecule has 2 heterocycles. The summed E-state index contributed by atoms with van der Waals surface area (Å²) in [7, 11) is 6.20. The summed E-state index contributed by atoms with van der Waals surface area (Å²) >= 11 is 0. The number of benzene rings is 2. The molecule has 2 aromatic carbocycles. The fraction of sp³-hybridized carbons (Fsp3) is 0.346. The molecule has 0 unspecified atom stereocenters. The van der Waals surface area contributed by atoms with Crippen LogP contribution >= 0.6 is 0 Å². The topological polar surface area (TPSA) is 83.4 Å². The maximum absolute atomic E-state index is 7.53. The fourth-order valence-corrected chi connectivity index (χ4v) is 4.08. The molecule has 34 heavy (non-hydrogen) atoms. The van der Waals surface area contributed by atoms with Crippen LogP contribution in [0.25, 0.3) is 11.3 Å². The van der Waals surface area contributed by atoms with Crippen LogP contribution in [-0.4, -0.2) is 86.4 Å². The van der Waals surface area contributed by atoms with Crippen LogP contribution in [0.1, 0.15) is 5.56 Å². The summed E-state index contributed by atoms with van der Waals surface area (Å²) < 4.78 is 0. The van der Waals surface area contributed by atoms with Gasteiger partial charge in [-0.15, -0.1) is 0 Å². The first-order valence-corrected chi connectivity index (χ1v) is 11.7. The molecule has 178 valence electrons. The minimum absolute atomic E-state index is 0.739. The van der Waals surface area contributed by atoms with Gasteiger partial charge in [0.05, 0.1) is 5.69 Å². The van der Waals surface area contributed by atoms with E-state index < -0.39 is 0 Å². The maximum atomic E-state index is 7.53. The largest absolute Gasteiger partial charge is 0.388 e. The van der Waals surface area contributed by atoms with Crippen LogP contribution < -0.4 is 15.5 Å². The second kappa shape index (κ2) is 11.1. The zero-order valence-corrected chi connectivity index (χ0v) is 20.3. The second-order valence-corrected chi connectivity index (χ2v) is 8.72. The highest BCUT2D eigenvalue weighted by molar-refractivity contribution is 5.87. The summed E-state index contributed by atoms with van der Waals surface area (Å²) in [5.74, 6) is 0.739. The van der Waals surface area contributed by atoms with Crippen molar-refractivity contribution >= 4 is 29.1 Å². The third kappa shape index (κ3) is 5.89. The first kappa shape index (κ1) is 23.7. The first-order valence-electron chi connectivity index (χ1n) is 11.7. The van der Waals surface area contributed by atoms with Gasteiger partial charge in [-0.05, 0) is 37.4 Å². The zero-order chi connectivity index (χ0) is 23.9. The average molecular weight is 459 g/mol. The predicted molar refractivity (Wildman–Crippen MR) is 142 cm³/mol. The van der Waals surface area contributed by atoms with E-state index in [1.807, 2.05) is 31.3 Å². The zero-order valence-electron chi connectivity index (χ0n) is 20.3. The molecule has 8 heteroatoms. The first-order chi connectivity index (χ1) is 16.6. The van der Waals surface area contributed by atoms with Crippen molar-refractivity contribution < 1.29 is 0 Å². The number of aromatic nitrogens is 2. The van der Waals surface area contributed by atoms with E-state index >= 15 is 0 Å². The highest BCUT2D eigenvalue weighted by Crippen LogP contribution is 2.26. The van der Waals surface area contributed by atoms with Crippen molar-refractivity contribution in [2.45, 2.75) is 0 Å². The highest BCUT2D eigenvalue weighted by atomic mass is 15.3. The molecule has 8 nitrogen and oxygen atoms in total. The summed E-state index contributed by atoms with van der Waals surface area (Å²) in [6, 6.07) is 16.3. The molecule has 0 saturated carbocycles. The Morgan fingerprint density at radius 2 is 1.79 bits per heavy atom. The lowest BCUT2D eigenvalue weighted by molar-refractivity contribution is 0.157. The van der Waals surface area contributed by atoms with E-state index in [9.17, 15) is 0 Å². The highest BCUT2D eigenvalue weighted by Gasteiger charge is 2.14. The third-order valence-electron chi connectivity index (χ3n) is 6.37. The number of rotatable bonds is 9. The van der Waals surface area contributed by atoms with Crippen LogP contribution in [0.15, 0.2) is 54.9 Å². The Kier molecular flexibility index (Phi) is 7.72. The number of hydrogen-bond acceptors (Lipinski definition) is 8. The Morgan fingerprint density at radius 1 is 1.03 bits per heavy atom. The molecule has 3 N–H and O–H groups in total. The van der Waals surface area contributed by atoms with E-state index in [-0.39, 0.29) is 0 Å². The Morgan fingerprint density at radius 3 is 2.50 bits per heavy atom. The molecule has 0 spiro atoms. The number of nitrogens with one attached hydrogen (secondary N) is 3. The lowest BCUT2D eigenvalue weighted by atomic mass is 10.1. The van der Waals surface area contributed by atoms with Crippen LogP contribution in [0.4, 0.5) is 22.9 Å². The third-order valence-corrected chi connectivity index (χ3v) is 6.37. The van der Waals surface area contributed by atoms with Crippen molar-refractivity contribution in [3.63, 3.8) is 0 Å². The van der Waals surface area contributed by atoms with Gasteiger partial charge in [-0.3, -0.25) is 4.90 Å². The normalized spacial score (nSPS) is 14.6. The molecular formula is C26H34N8. The molecule has 1 saturated heterocycles. The van der Waals surface area contributed by atoms with Gasteiger partial charge in [0, 0.05) is 93.8 Å². The van der Waals surface area contributed by atoms with Gasteiger partial charge in [-0.2, -0.15) is 0 Å². The average Bonchev–Trinajstić information content (AvgIpc) is 2.88. The molecular weight excluding hydrogens is 424 g/mol. The van der Waals surface area contributed by atoms with E-state index in [1.54, 1.807) is 6.33 Å². The van der Waals surface area contributed by atoms with Gasteiger partial charge in [0.25, 0.3) is 0 Å². The quantitative estimate of drug-likeness (QED) is 0.423. The van der Waals surface area contributed by atoms with E-state index in [0.29, 0.717) is 0 Å². The summed E-state index contributed by atoms with van der Waals surface area (Å²) in [4.78, 5) is 16.1. The number of likely N-dealkylation sites (N-methyl/N-ethyl adjacent to an activating group) is 2. The molecule has 1 aliphatic rings. The van der Waals surface area contributed by atoms with Gasteiger partial charge in [0.2, 0.25) is 0 Å². The molecule has 1 fully saturated rings. The Balaban J connectivity index is 1.37. The van der Waals surface area contributed by atoms with Crippen LogP contribution in [0.5, 0.6) is 0 Å². The molecule has 1 aliphatic heterocycles. The van der Waals surface area contributed by atoms with E-state index in [4.69, 9.17) is 5.41 Å². The van der Waals surface area contributed by atoms with Crippen LogP contribution in [-0.2, 0) is 0 Å². The van der Waals surface area contributed by atoms with Gasteiger partial charge < -0.3 is 25.8 Å². The summed E-state index contributed by atoms with van der Waals surface area (Å²) in [6.45, 7) is 6.71. The van der Waals surface area contributed by atoms with Gasteiger partial charge in [0.15, 0.2) is 0 Å². The predicted octanol–water partition coefficient (Wildman–Crippen LogP) is 3.61. The van der Waals surface area contributed by atoms with Crippen molar-refractivity contribution in [2.24, 2.45) is 0 Å². The summed E-state index contributed by atoms with van der Waals surface area (Å²) in [6.07, 6.45) is 2.91. The number of piperazine rings is 1. The Hall–Kier alpha value is -3.49.